The van der Waals surface area contributed by atoms with E-state index >= 15 is 0 Å². The predicted molar refractivity (Wildman–Crippen MR) is 107 cm³/mol. The van der Waals surface area contributed by atoms with Crippen LogP contribution in [0.3, 0.4) is 0 Å². The molecule has 0 aliphatic carbocycles. The topological polar surface area (TPSA) is 105 Å². The van der Waals surface area contributed by atoms with Crippen molar-refractivity contribution in [1.29, 1.82) is 0 Å². The summed E-state index contributed by atoms with van der Waals surface area (Å²) in [5.41, 5.74) is 3.24. The fraction of sp³-hybridized carbons (Fsp3) is 0.235. The molecule has 0 bridgehead atoms. The second-order valence-electron chi connectivity index (χ2n) is 6.00. The van der Waals surface area contributed by atoms with Gasteiger partial charge >= 0.3 is 0 Å². The van der Waals surface area contributed by atoms with E-state index in [1.54, 1.807) is 19.5 Å². The monoisotopic (exact) mass is 399 g/mol. The third-order valence-electron chi connectivity index (χ3n) is 4.30. The quantitative estimate of drug-likeness (QED) is 0.553. The maximum absolute atomic E-state index is 5.72. The number of aryl methyl sites for hydroxylation is 2. The maximum atomic E-state index is 5.72. The molecule has 0 saturated carbocycles. The summed E-state index contributed by atoms with van der Waals surface area (Å²) in [6.07, 6.45) is 3.37. The molecule has 4 aromatic rings. The van der Waals surface area contributed by atoms with Gasteiger partial charge in [-0.3, -0.25) is 5.14 Å². The van der Waals surface area contributed by atoms with Crippen molar-refractivity contribution in [3.8, 4) is 5.88 Å². The zero-order valence-corrected chi connectivity index (χ0v) is 16.6. The maximum Gasteiger partial charge on any atom is 0.215 e. The zero-order chi connectivity index (χ0) is 19.1. The van der Waals surface area contributed by atoms with E-state index in [0.717, 1.165) is 32.8 Å². The Bertz CT molecular complexity index is 1190. The molecule has 0 aliphatic heterocycles. The highest BCUT2D eigenvalue weighted by molar-refractivity contribution is 8.27. The number of pyridine rings is 2. The molecule has 8 nitrogen and oxygen atoms in total. The highest BCUT2D eigenvalue weighted by atomic mass is 32.8. The number of ether oxygens (including phenoxy) is 1. The zero-order valence-electron chi connectivity index (χ0n) is 15.0. The number of nitrogens with two attached hydrogens (primary N) is 1. The number of fused-ring (bicyclic) bond motifs is 3. The van der Waals surface area contributed by atoms with E-state index in [0.29, 0.717) is 23.9 Å². The van der Waals surface area contributed by atoms with Crippen LogP contribution in [0.2, 0.25) is 0 Å². The molecular weight excluding hydrogens is 382 g/mol. The van der Waals surface area contributed by atoms with Gasteiger partial charge in [0, 0.05) is 23.8 Å². The average molecular weight is 400 g/mol. The van der Waals surface area contributed by atoms with Gasteiger partial charge in [0.15, 0.2) is 5.65 Å². The molecule has 0 aliphatic rings. The van der Waals surface area contributed by atoms with E-state index < -0.39 is 9.64 Å². The Morgan fingerprint density at radius 1 is 1.15 bits per heavy atom. The van der Waals surface area contributed by atoms with Crippen LogP contribution in [0.5, 0.6) is 5.88 Å². The van der Waals surface area contributed by atoms with Gasteiger partial charge in [-0.15, -0.1) is 0 Å². The highest BCUT2D eigenvalue weighted by Crippen LogP contribution is 2.28. The molecule has 27 heavy (non-hydrogen) atoms. The molecular formula is C17H17N7OS2. The van der Waals surface area contributed by atoms with Gasteiger partial charge in [0.05, 0.1) is 29.8 Å². The van der Waals surface area contributed by atoms with Gasteiger partial charge < -0.3 is 9.30 Å². The van der Waals surface area contributed by atoms with Crippen molar-refractivity contribution in [2.75, 3.05) is 7.11 Å². The van der Waals surface area contributed by atoms with Crippen LogP contribution in [0.4, 0.5) is 0 Å². The minimum Gasteiger partial charge on any atom is -0.481 e. The van der Waals surface area contributed by atoms with Crippen LogP contribution in [0.25, 0.3) is 22.1 Å². The van der Waals surface area contributed by atoms with Gasteiger partial charge in [-0.1, -0.05) is 0 Å². The number of rotatable bonds is 4. The Hall–Kier alpha value is -2.56. The van der Waals surface area contributed by atoms with Crippen molar-refractivity contribution in [2.24, 2.45) is 5.14 Å². The molecule has 0 fully saturated rings. The molecule has 0 radical (unpaired) electrons. The summed E-state index contributed by atoms with van der Waals surface area (Å²) in [7, 11) is 0.821. The van der Waals surface area contributed by atoms with E-state index in [1.165, 1.54) is 0 Å². The van der Waals surface area contributed by atoms with Gasteiger partial charge in [-0.2, -0.15) is 4.98 Å². The second kappa shape index (κ2) is 6.87. The summed E-state index contributed by atoms with van der Waals surface area (Å²) in [6.45, 7) is 4.36. The lowest BCUT2D eigenvalue weighted by molar-refractivity contribution is 0.399. The SMILES string of the molecule is COc1ccc2c(n1)nc(C)c1nc(C)n(Cc3ncc(S(N)=S)cn3)c12. The molecule has 2 N–H and O–H groups in total. The van der Waals surface area contributed by atoms with Gasteiger partial charge in [0.25, 0.3) is 0 Å². The Morgan fingerprint density at radius 3 is 2.56 bits per heavy atom. The van der Waals surface area contributed by atoms with Crippen molar-refractivity contribution in [3.63, 3.8) is 0 Å². The summed E-state index contributed by atoms with van der Waals surface area (Å²) in [5.74, 6) is 2.04. The molecule has 1 atom stereocenters. The van der Waals surface area contributed by atoms with E-state index in [1.807, 2.05) is 26.0 Å². The lowest BCUT2D eigenvalue weighted by atomic mass is 10.2. The summed E-state index contributed by atoms with van der Waals surface area (Å²) in [6, 6.07) is 3.78. The van der Waals surface area contributed by atoms with Crippen LogP contribution in [0.15, 0.2) is 29.4 Å². The number of nitrogens with zero attached hydrogens (tertiary/aromatic N) is 6. The van der Waals surface area contributed by atoms with Crippen LogP contribution in [-0.2, 0) is 27.4 Å². The minimum atomic E-state index is -0.767. The van der Waals surface area contributed by atoms with E-state index in [2.05, 4.69) is 24.5 Å². The molecule has 0 spiro atoms. The lowest BCUT2D eigenvalue weighted by Crippen LogP contribution is -2.08. The third-order valence-corrected chi connectivity index (χ3v) is 5.55. The van der Waals surface area contributed by atoms with Crippen LogP contribution in [-0.4, -0.2) is 36.6 Å². The molecule has 1 unspecified atom stereocenters. The van der Waals surface area contributed by atoms with Gasteiger partial charge in [0.1, 0.15) is 17.2 Å². The van der Waals surface area contributed by atoms with Crippen molar-refractivity contribution in [2.45, 2.75) is 25.3 Å². The van der Waals surface area contributed by atoms with Gasteiger partial charge in [-0.25, -0.2) is 19.9 Å². The third kappa shape index (κ3) is 3.15. The first-order valence-electron chi connectivity index (χ1n) is 8.13. The van der Waals surface area contributed by atoms with Crippen LogP contribution in [0.1, 0.15) is 17.3 Å². The average Bonchev–Trinajstić information content (AvgIpc) is 2.99. The van der Waals surface area contributed by atoms with Crippen molar-refractivity contribution in [3.05, 3.63) is 41.9 Å². The highest BCUT2D eigenvalue weighted by Gasteiger charge is 2.17. The smallest absolute Gasteiger partial charge is 0.215 e. The molecule has 4 aromatic heterocycles. The Kier molecular flexibility index (Phi) is 4.54. The molecule has 0 saturated heterocycles. The standard InChI is InChI=1S/C17H17N7OS2/c1-9-15-16(12-4-5-14(25-3)23-17(12)21-9)24(10(2)22-15)8-13-19-6-11(7-20-13)27(18)26/h4-7H,8,18H2,1-3H3. The molecule has 0 aromatic carbocycles. The normalized spacial score (nSPS) is 12.6. The molecule has 138 valence electrons. The second-order valence-corrected chi connectivity index (χ2v) is 8.14. The first-order chi connectivity index (χ1) is 13.0. The van der Waals surface area contributed by atoms with Crippen molar-refractivity contribution in [1.82, 2.24) is 29.5 Å². The van der Waals surface area contributed by atoms with Crippen LogP contribution >= 0.6 is 0 Å². The summed E-state index contributed by atoms with van der Waals surface area (Å²) < 4.78 is 7.30. The van der Waals surface area contributed by atoms with E-state index in [4.69, 9.17) is 26.0 Å². The molecule has 10 heteroatoms. The first-order valence-corrected chi connectivity index (χ1v) is 10.3. The number of hydrogen-bond acceptors (Lipinski definition) is 7. The Labute approximate surface area is 162 Å². The number of hydrogen-bond donors (Lipinski definition) is 1. The van der Waals surface area contributed by atoms with Gasteiger partial charge in [-0.05, 0) is 40.7 Å². The largest absolute Gasteiger partial charge is 0.481 e. The number of aromatic nitrogens is 6. The Balaban J connectivity index is 1.89. The molecule has 4 rings (SSSR count). The van der Waals surface area contributed by atoms with Gasteiger partial charge in [0.2, 0.25) is 5.88 Å². The first kappa shape index (κ1) is 17.8. The van der Waals surface area contributed by atoms with E-state index in [9.17, 15) is 0 Å². The number of imidazole rings is 1. The molecule has 4 heterocycles. The summed E-state index contributed by atoms with van der Waals surface area (Å²) in [4.78, 5) is 23.3. The fourth-order valence-corrected chi connectivity index (χ4v) is 3.55. The summed E-state index contributed by atoms with van der Waals surface area (Å²) >= 11 is 5.06. The van der Waals surface area contributed by atoms with Crippen molar-refractivity contribution >= 4 is 42.9 Å². The van der Waals surface area contributed by atoms with Crippen LogP contribution < -0.4 is 9.88 Å². The fourth-order valence-electron chi connectivity index (χ4n) is 2.98. The number of methoxy groups -OCH3 is 1. The van der Waals surface area contributed by atoms with Crippen molar-refractivity contribution < 1.29 is 4.74 Å². The molecule has 0 amide bonds. The minimum absolute atomic E-state index is 0.475. The van der Waals surface area contributed by atoms with E-state index in [-0.39, 0.29) is 0 Å². The Morgan fingerprint density at radius 2 is 1.89 bits per heavy atom. The predicted octanol–water partition coefficient (Wildman–Crippen LogP) is 1.76. The lowest BCUT2D eigenvalue weighted by Gasteiger charge is -2.09. The summed E-state index contributed by atoms with van der Waals surface area (Å²) in [5, 5.41) is 6.63. The van der Waals surface area contributed by atoms with Crippen LogP contribution in [0, 0.1) is 13.8 Å².